The lowest BCUT2D eigenvalue weighted by atomic mass is 10.1. The Bertz CT molecular complexity index is 625. The molecule has 0 saturated carbocycles. The summed E-state index contributed by atoms with van der Waals surface area (Å²) in [5.41, 5.74) is 1.24. The molecule has 1 N–H and O–H groups in total. The molecule has 0 fully saturated rings. The highest BCUT2D eigenvalue weighted by Crippen LogP contribution is 2.24. The summed E-state index contributed by atoms with van der Waals surface area (Å²) in [5, 5.41) is 6.52. The Hall–Kier alpha value is -1.88. The summed E-state index contributed by atoms with van der Waals surface area (Å²) in [4.78, 5) is 12.1. The highest BCUT2D eigenvalue weighted by Gasteiger charge is 2.19. The van der Waals surface area contributed by atoms with E-state index in [0.717, 1.165) is 6.07 Å². The van der Waals surface area contributed by atoms with Gasteiger partial charge in [0, 0.05) is 6.42 Å². The molecule has 0 atom stereocenters. The van der Waals surface area contributed by atoms with Crippen molar-refractivity contribution < 1.29 is 13.7 Å². The van der Waals surface area contributed by atoms with E-state index in [1.165, 1.54) is 12.1 Å². The normalized spacial score (nSPS) is 10.5. The van der Waals surface area contributed by atoms with Crippen molar-refractivity contribution in [1.82, 2.24) is 5.16 Å². The lowest BCUT2D eigenvalue weighted by Gasteiger charge is -2.07. The van der Waals surface area contributed by atoms with Gasteiger partial charge in [0.25, 0.3) is 5.91 Å². The van der Waals surface area contributed by atoms with E-state index < -0.39 is 5.82 Å². The van der Waals surface area contributed by atoms with Crippen molar-refractivity contribution in [3.63, 3.8) is 0 Å². The lowest BCUT2D eigenvalue weighted by molar-refractivity contribution is 0.102. The average molecular weight is 283 g/mol. The van der Waals surface area contributed by atoms with E-state index in [4.69, 9.17) is 16.1 Å². The molecule has 1 aromatic carbocycles. The van der Waals surface area contributed by atoms with Gasteiger partial charge in [0.1, 0.15) is 17.1 Å². The highest BCUT2D eigenvalue weighted by atomic mass is 35.5. The molecule has 4 nitrogen and oxygen atoms in total. The van der Waals surface area contributed by atoms with E-state index >= 15 is 0 Å². The molecule has 0 unspecified atom stereocenters. The molecule has 2 rings (SSSR count). The number of nitrogens with zero attached hydrogens (tertiary/aromatic N) is 1. The smallest absolute Gasteiger partial charge is 0.261 e. The predicted molar refractivity (Wildman–Crippen MR) is 70.0 cm³/mol. The van der Waals surface area contributed by atoms with Crippen LogP contribution >= 0.6 is 11.6 Å². The third-order valence-electron chi connectivity index (χ3n) is 2.66. The van der Waals surface area contributed by atoms with Crippen molar-refractivity contribution in [2.45, 2.75) is 20.3 Å². The van der Waals surface area contributed by atoms with Crippen molar-refractivity contribution >= 4 is 23.2 Å². The van der Waals surface area contributed by atoms with Crippen molar-refractivity contribution in [2.75, 3.05) is 5.32 Å². The fraction of sp³-hybridized carbons (Fsp3) is 0.231. The van der Waals surface area contributed by atoms with Gasteiger partial charge in [0.2, 0.25) is 0 Å². The van der Waals surface area contributed by atoms with Gasteiger partial charge in [-0.05, 0) is 25.1 Å². The third kappa shape index (κ3) is 2.76. The maximum Gasteiger partial charge on any atom is 0.261 e. The highest BCUT2D eigenvalue weighted by molar-refractivity contribution is 6.33. The Morgan fingerprint density at radius 3 is 2.89 bits per heavy atom. The number of hydrogen-bond donors (Lipinski definition) is 1. The Kier molecular flexibility index (Phi) is 3.85. The first-order valence-corrected chi connectivity index (χ1v) is 6.12. The molecule has 0 saturated heterocycles. The Balaban J connectivity index is 2.28. The average Bonchev–Trinajstić information content (AvgIpc) is 2.74. The first kappa shape index (κ1) is 13.5. The first-order valence-electron chi connectivity index (χ1n) is 5.74. The molecule has 0 aliphatic rings. The van der Waals surface area contributed by atoms with Crippen LogP contribution in [0.2, 0.25) is 5.02 Å². The second-order valence-electron chi connectivity index (χ2n) is 4.00. The van der Waals surface area contributed by atoms with E-state index in [1.54, 1.807) is 6.92 Å². The monoisotopic (exact) mass is 282 g/mol. The van der Waals surface area contributed by atoms with Crippen LogP contribution in [0.3, 0.4) is 0 Å². The molecular weight excluding hydrogens is 271 g/mol. The number of benzene rings is 1. The van der Waals surface area contributed by atoms with Gasteiger partial charge < -0.3 is 9.84 Å². The van der Waals surface area contributed by atoms with Crippen LogP contribution in [0.5, 0.6) is 0 Å². The molecule has 0 aliphatic heterocycles. The van der Waals surface area contributed by atoms with E-state index in [-0.39, 0.29) is 10.9 Å². The summed E-state index contributed by atoms with van der Waals surface area (Å²) >= 11 is 5.85. The minimum absolute atomic E-state index is 0.139. The van der Waals surface area contributed by atoms with E-state index in [0.29, 0.717) is 29.1 Å². The third-order valence-corrected chi connectivity index (χ3v) is 2.97. The molecule has 2 aromatic rings. The zero-order valence-electron chi connectivity index (χ0n) is 10.5. The van der Waals surface area contributed by atoms with Crippen LogP contribution in [0.4, 0.5) is 10.1 Å². The van der Waals surface area contributed by atoms with E-state index in [2.05, 4.69) is 10.5 Å². The van der Waals surface area contributed by atoms with Gasteiger partial charge >= 0.3 is 0 Å². The molecule has 1 amide bonds. The minimum Gasteiger partial charge on any atom is -0.360 e. The molecule has 100 valence electrons. The molecule has 0 aliphatic carbocycles. The van der Waals surface area contributed by atoms with Crippen LogP contribution in [0, 0.1) is 12.7 Å². The maximum absolute atomic E-state index is 12.9. The predicted octanol–water partition coefficient (Wildman–Crippen LogP) is 3.59. The number of carbonyl (C=O) groups is 1. The topological polar surface area (TPSA) is 55.1 Å². The quantitative estimate of drug-likeness (QED) is 0.936. The number of aryl methyl sites for hydroxylation is 2. The lowest BCUT2D eigenvalue weighted by Crippen LogP contribution is -2.14. The van der Waals surface area contributed by atoms with Crippen molar-refractivity contribution in [2.24, 2.45) is 0 Å². The van der Waals surface area contributed by atoms with Crippen molar-refractivity contribution in [3.8, 4) is 0 Å². The van der Waals surface area contributed by atoms with Crippen LogP contribution in [0.15, 0.2) is 22.7 Å². The van der Waals surface area contributed by atoms with Crippen LogP contribution in [-0.2, 0) is 6.42 Å². The molecule has 0 bridgehead atoms. The zero-order valence-corrected chi connectivity index (χ0v) is 11.2. The summed E-state index contributed by atoms with van der Waals surface area (Å²) in [6.07, 6.45) is 0.556. The number of rotatable bonds is 3. The van der Waals surface area contributed by atoms with Gasteiger partial charge in [-0.3, -0.25) is 4.79 Å². The SMILES string of the molecule is CCc1onc(C)c1C(=O)Nc1ccc(F)cc1Cl. The number of halogens is 2. The second-order valence-corrected chi connectivity index (χ2v) is 4.41. The Morgan fingerprint density at radius 1 is 1.53 bits per heavy atom. The van der Waals surface area contributed by atoms with Crippen LogP contribution in [0.25, 0.3) is 0 Å². The van der Waals surface area contributed by atoms with Gasteiger partial charge in [0.15, 0.2) is 0 Å². The van der Waals surface area contributed by atoms with Crippen LogP contribution < -0.4 is 5.32 Å². The van der Waals surface area contributed by atoms with Crippen molar-refractivity contribution in [3.05, 3.63) is 46.1 Å². The van der Waals surface area contributed by atoms with Crippen LogP contribution in [-0.4, -0.2) is 11.1 Å². The molecule has 0 spiro atoms. The summed E-state index contributed by atoms with van der Waals surface area (Å²) < 4.78 is 18.0. The van der Waals surface area contributed by atoms with E-state index in [1.807, 2.05) is 6.92 Å². The van der Waals surface area contributed by atoms with Gasteiger partial charge in [-0.1, -0.05) is 23.7 Å². The molecule has 1 aromatic heterocycles. The number of aromatic nitrogens is 1. The van der Waals surface area contributed by atoms with E-state index in [9.17, 15) is 9.18 Å². The van der Waals surface area contributed by atoms with Gasteiger partial charge in [-0.2, -0.15) is 0 Å². The first-order chi connectivity index (χ1) is 9.02. The van der Waals surface area contributed by atoms with Crippen molar-refractivity contribution in [1.29, 1.82) is 0 Å². The fourth-order valence-electron chi connectivity index (χ4n) is 1.72. The number of anilines is 1. The van der Waals surface area contributed by atoms with Gasteiger partial charge in [-0.15, -0.1) is 0 Å². The number of nitrogens with one attached hydrogen (secondary N) is 1. The standard InChI is InChI=1S/C13H12ClFN2O2/c1-3-11-12(7(2)17-19-11)13(18)16-10-5-4-8(15)6-9(10)14/h4-6H,3H2,1-2H3,(H,16,18). The maximum atomic E-state index is 12.9. The summed E-state index contributed by atoms with van der Waals surface area (Å²) in [6, 6.07) is 3.77. The number of carbonyl (C=O) groups excluding carboxylic acids is 1. The second kappa shape index (κ2) is 5.40. The largest absolute Gasteiger partial charge is 0.360 e. The summed E-state index contributed by atoms with van der Waals surface area (Å²) in [6.45, 7) is 3.55. The minimum atomic E-state index is -0.460. The zero-order chi connectivity index (χ0) is 14.0. The molecule has 19 heavy (non-hydrogen) atoms. The van der Waals surface area contributed by atoms with Gasteiger partial charge in [0.05, 0.1) is 16.4 Å². The summed E-state index contributed by atoms with van der Waals surface area (Å²) in [7, 11) is 0. The molecule has 1 heterocycles. The Morgan fingerprint density at radius 2 is 2.26 bits per heavy atom. The molecular formula is C13H12ClFN2O2. The fourth-order valence-corrected chi connectivity index (χ4v) is 1.94. The number of hydrogen-bond acceptors (Lipinski definition) is 3. The summed E-state index contributed by atoms with van der Waals surface area (Å²) in [5.74, 6) is -0.323. The van der Waals surface area contributed by atoms with Gasteiger partial charge in [-0.25, -0.2) is 4.39 Å². The number of amides is 1. The molecule has 6 heteroatoms. The Labute approximate surface area is 114 Å². The van der Waals surface area contributed by atoms with Crippen LogP contribution in [0.1, 0.15) is 28.7 Å². The molecule has 0 radical (unpaired) electrons.